The summed E-state index contributed by atoms with van der Waals surface area (Å²) in [5.41, 5.74) is 1.30. The maximum Gasteiger partial charge on any atom is 0.320 e. The van der Waals surface area contributed by atoms with Gasteiger partial charge < -0.3 is 5.11 Å². The molecule has 1 N–H and O–H groups in total. The van der Waals surface area contributed by atoms with Gasteiger partial charge in [0.25, 0.3) is 0 Å². The van der Waals surface area contributed by atoms with Crippen LogP contribution >= 0.6 is 11.3 Å². The van der Waals surface area contributed by atoms with Crippen molar-refractivity contribution in [3.8, 4) is 0 Å². The van der Waals surface area contributed by atoms with E-state index in [0.717, 1.165) is 6.42 Å². The van der Waals surface area contributed by atoms with Gasteiger partial charge in [0.1, 0.15) is 6.04 Å². The fourth-order valence-corrected chi connectivity index (χ4v) is 5.22. The first kappa shape index (κ1) is 14.1. The van der Waals surface area contributed by atoms with Crippen LogP contribution < -0.4 is 0 Å². The second-order valence-electron chi connectivity index (χ2n) is 6.29. The lowest BCUT2D eigenvalue weighted by atomic mass is 9.84. The molecule has 2 heterocycles. The molecule has 2 fully saturated rings. The number of carboxylic acid groups (broad SMARTS) is 1. The lowest BCUT2D eigenvalue weighted by Crippen LogP contribution is -2.43. The van der Waals surface area contributed by atoms with Gasteiger partial charge in [0, 0.05) is 17.0 Å². The van der Waals surface area contributed by atoms with Crippen LogP contribution in [0.5, 0.6) is 0 Å². The first-order chi connectivity index (χ1) is 9.59. The van der Waals surface area contributed by atoms with Crippen molar-refractivity contribution in [2.45, 2.75) is 64.1 Å². The van der Waals surface area contributed by atoms with E-state index in [2.05, 4.69) is 30.2 Å². The number of carbonyl (C=O) groups is 1. The van der Waals surface area contributed by atoms with Crippen molar-refractivity contribution in [1.82, 2.24) is 4.90 Å². The number of aliphatic carboxylic acids is 1. The maximum atomic E-state index is 11.7. The van der Waals surface area contributed by atoms with E-state index in [1.54, 1.807) is 11.3 Å². The minimum Gasteiger partial charge on any atom is -0.480 e. The Morgan fingerprint density at radius 1 is 1.45 bits per heavy atom. The zero-order chi connectivity index (χ0) is 14.3. The van der Waals surface area contributed by atoms with E-state index in [1.165, 1.54) is 36.1 Å². The summed E-state index contributed by atoms with van der Waals surface area (Å²) in [6, 6.07) is 2.55. The van der Waals surface area contributed by atoms with Crippen LogP contribution in [-0.4, -0.2) is 28.1 Å². The predicted molar refractivity (Wildman–Crippen MR) is 81.1 cm³/mol. The van der Waals surface area contributed by atoms with E-state index in [4.69, 9.17) is 0 Å². The van der Waals surface area contributed by atoms with Crippen molar-refractivity contribution in [3.05, 3.63) is 21.9 Å². The van der Waals surface area contributed by atoms with Crippen molar-refractivity contribution in [2.75, 3.05) is 0 Å². The SMILES string of the molecule is Cc1ccsc1C(C)N1C(C(=O)O)CC2CCCCC21. The Morgan fingerprint density at radius 3 is 2.85 bits per heavy atom. The van der Waals surface area contributed by atoms with E-state index < -0.39 is 5.97 Å². The second-order valence-corrected chi connectivity index (χ2v) is 7.24. The van der Waals surface area contributed by atoms with Gasteiger partial charge >= 0.3 is 5.97 Å². The third-order valence-electron chi connectivity index (χ3n) is 5.15. The summed E-state index contributed by atoms with van der Waals surface area (Å²) in [6.07, 6.45) is 5.74. The fourth-order valence-electron chi connectivity index (χ4n) is 4.23. The topological polar surface area (TPSA) is 40.5 Å². The standard InChI is InChI=1S/C16H23NO2S/c1-10-7-8-20-15(10)11(2)17-13-6-4-3-5-12(13)9-14(17)16(18)19/h7-8,11-14H,3-6,9H2,1-2H3,(H,18,19). The van der Waals surface area contributed by atoms with Gasteiger partial charge in [-0.05, 0) is 56.0 Å². The summed E-state index contributed by atoms with van der Waals surface area (Å²) in [5.74, 6) is -0.0481. The van der Waals surface area contributed by atoms with Gasteiger partial charge in [-0.25, -0.2) is 0 Å². The highest BCUT2D eigenvalue weighted by Gasteiger charge is 2.47. The monoisotopic (exact) mass is 293 g/mol. The second kappa shape index (κ2) is 5.49. The number of rotatable bonds is 3. The van der Waals surface area contributed by atoms with Gasteiger partial charge in [0.2, 0.25) is 0 Å². The molecule has 4 unspecified atom stereocenters. The normalized spacial score (nSPS) is 32.0. The largest absolute Gasteiger partial charge is 0.480 e. The van der Waals surface area contributed by atoms with Gasteiger partial charge in [-0.1, -0.05) is 12.8 Å². The summed E-state index contributed by atoms with van der Waals surface area (Å²) in [5, 5.41) is 11.7. The Bertz CT molecular complexity index is 498. The van der Waals surface area contributed by atoms with Crippen LogP contribution in [0.3, 0.4) is 0 Å². The lowest BCUT2D eigenvalue weighted by molar-refractivity contribution is -0.143. The number of likely N-dealkylation sites (tertiary alicyclic amines) is 1. The molecular weight excluding hydrogens is 270 g/mol. The van der Waals surface area contributed by atoms with Gasteiger partial charge in [-0.2, -0.15) is 0 Å². The molecule has 0 aromatic carbocycles. The van der Waals surface area contributed by atoms with Crippen LogP contribution in [0.15, 0.2) is 11.4 Å². The Hall–Kier alpha value is -0.870. The smallest absolute Gasteiger partial charge is 0.320 e. The number of nitrogens with zero attached hydrogens (tertiary/aromatic N) is 1. The molecule has 1 saturated heterocycles. The summed E-state index contributed by atoms with van der Waals surface area (Å²) >= 11 is 1.76. The van der Waals surface area contributed by atoms with Crippen molar-refractivity contribution >= 4 is 17.3 Å². The number of hydrogen-bond acceptors (Lipinski definition) is 3. The van der Waals surface area contributed by atoms with Gasteiger partial charge in [0.15, 0.2) is 0 Å². The number of thiophene rings is 1. The minimum absolute atomic E-state index is 0.226. The van der Waals surface area contributed by atoms with Gasteiger partial charge in [0.05, 0.1) is 0 Å². The molecule has 3 nitrogen and oxygen atoms in total. The molecule has 1 saturated carbocycles. The van der Waals surface area contributed by atoms with Crippen LogP contribution in [0, 0.1) is 12.8 Å². The Kier molecular flexibility index (Phi) is 3.87. The molecule has 20 heavy (non-hydrogen) atoms. The molecule has 1 aliphatic heterocycles. The molecule has 2 aliphatic rings. The molecule has 1 aromatic rings. The average molecular weight is 293 g/mol. The molecule has 4 heteroatoms. The number of carboxylic acids is 1. The minimum atomic E-state index is -0.638. The number of aryl methyl sites for hydroxylation is 1. The molecule has 110 valence electrons. The van der Waals surface area contributed by atoms with Crippen molar-refractivity contribution in [3.63, 3.8) is 0 Å². The highest BCUT2D eigenvalue weighted by atomic mass is 32.1. The molecule has 3 rings (SSSR count). The Morgan fingerprint density at radius 2 is 2.20 bits per heavy atom. The average Bonchev–Trinajstić information content (AvgIpc) is 3.01. The van der Waals surface area contributed by atoms with Crippen LogP contribution in [-0.2, 0) is 4.79 Å². The fraction of sp³-hybridized carbons (Fsp3) is 0.688. The van der Waals surface area contributed by atoms with Crippen LogP contribution in [0.2, 0.25) is 0 Å². The highest BCUT2D eigenvalue weighted by Crippen LogP contribution is 2.45. The third kappa shape index (κ3) is 2.29. The molecule has 0 amide bonds. The zero-order valence-electron chi connectivity index (χ0n) is 12.2. The Labute approximate surface area is 124 Å². The quantitative estimate of drug-likeness (QED) is 0.920. The third-order valence-corrected chi connectivity index (χ3v) is 6.34. The van der Waals surface area contributed by atoms with E-state index >= 15 is 0 Å². The van der Waals surface area contributed by atoms with E-state index in [9.17, 15) is 9.90 Å². The number of hydrogen-bond donors (Lipinski definition) is 1. The first-order valence-electron chi connectivity index (χ1n) is 7.64. The van der Waals surface area contributed by atoms with Gasteiger partial charge in [-0.15, -0.1) is 11.3 Å². The Balaban J connectivity index is 1.91. The molecular formula is C16H23NO2S. The predicted octanol–water partition coefficient (Wildman–Crippen LogP) is 3.84. The van der Waals surface area contributed by atoms with Crippen molar-refractivity contribution in [2.24, 2.45) is 5.92 Å². The molecule has 0 radical (unpaired) electrons. The number of fused-ring (bicyclic) bond motifs is 1. The molecule has 1 aromatic heterocycles. The zero-order valence-corrected chi connectivity index (χ0v) is 13.0. The molecule has 1 aliphatic carbocycles. The van der Waals surface area contributed by atoms with Crippen molar-refractivity contribution in [1.29, 1.82) is 0 Å². The lowest BCUT2D eigenvalue weighted by Gasteiger charge is -2.37. The highest BCUT2D eigenvalue weighted by molar-refractivity contribution is 7.10. The summed E-state index contributed by atoms with van der Waals surface area (Å²) in [7, 11) is 0. The van der Waals surface area contributed by atoms with Crippen LogP contribution in [0.4, 0.5) is 0 Å². The van der Waals surface area contributed by atoms with Crippen LogP contribution in [0.1, 0.15) is 55.5 Å². The molecule has 0 bridgehead atoms. The maximum absolute atomic E-state index is 11.7. The van der Waals surface area contributed by atoms with E-state index in [1.807, 2.05) is 0 Å². The summed E-state index contributed by atoms with van der Waals surface area (Å²) in [4.78, 5) is 15.3. The molecule has 0 spiro atoms. The van der Waals surface area contributed by atoms with Gasteiger partial charge in [-0.3, -0.25) is 9.69 Å². The van der Waals surface area contributed by atoms with E-state index in [-0.39, 0.29) is 12.1 Å². The summed E-state index contributed by atoms with van der Waals surface area (Å²) < 4.78 is 0. The summed E-state index contributed by atoms with van der Waals surface area (Å²) in [6.45, 7) is 4.32. The van der Waals surface area contributed by atoms with Crippen molar-refractivity contribution < 1.29 is 9.90 Å². The van der Waals surface area contributed by atoms with Crippen LogP contribution in [0.25, 0.3) is 0 Å². The van der Waals surface area contributed by atoms with E-state index in [0.29, 0.717) is 12.0 Å². The molecule has 4 atom stereocenters. The first-order valence-corrected chi connectivity index (χ1v) is 8.51.